The summed E-state index contributed by atoms with van der Waals surface area (Å²) in [6.45, 7) is 2.66. The molecule has 0 aliphatic carbocycles. The van der Waals surface area contributed by atoms with Crippen molar-refractivity contribution in [3.8, 4) is 28.7 Å². The molecule has 0 saturated heterocycles. The third-order valence-electron chi connectivity index (χ3n) is 4.90. The number of esters is 1. The van der Waals surface area contributed by atoms with E-state index >= 15 is 0 Å². The predicted molar refractivity (Wildman–Crippen MR) is 126 cm³/mol. The predicted octanol–water partition coefficient (Wildman–Crippen LogP) is 5.29. The van der Waals surface area contributed by atoms with E-state index in [1.807, 2.05) is 54.6 Å². The molecule has 4 heteroatoms. The minimum absolute atomic E-state index is 0.339. The normalized spacial score (nSPS) is 11.2. The quantitative estimate of drug-likeness (QED) is 0.264. The van der Waals surface area contributed by atoms with E-state index in [-0.39, 0.29) is 5.97 Å². The Labute approximate surface area is 190 Å². The van der Waals surface area contributed by atoms with Gasteiger partial charge < -0.3 is 14.2 Å². The Balaban J connectivity index is 1.45. The molecular weight excluding hydrogens is 400 g/mol. The van der Waals surface area contributed by atoms with Crippen LogP contribution in [-0.2, 0) is 20.7 Å². The highest BCUT2D eigenvalue weighted by Gasteiger charge is 2.19. The van der Waals surface area contributed by atoms with Crippen LogP contribution in [-0.4, -0.2) is 32.4 Å². The van der Waals surface area contributed by atoms with Gasteiger partial charge in [0.25, 0.3) is 0 Å². The molecular formula is C28H28O4. The van der Waals surface area contributed by atoms with Crippen molar-refractivity contribution in [3.05, 3.63) is 90.0 Å². The first kappa shape index (κ1) is 23.1. The second-order valence-electron chi connectivity index (χ2n) is 7.17. The average Bonchev–Trinajstić information content (AvgIpc) is 2.84. The molecule has 0 amide bonds. The van der Waals surface area contributed by atoms with Gasteiger partial charge in [0.2, 0.25) is 0 Å². The fourth-order valence-electron chi connectivity index (χ4n) is 3.20. The lowest BCUT2D eigenvalue weighted by atomic mass is 10.1. The van der Waals surface area contributed by atoms with Crippen molar-refractivity contribution in [3.63, 3.8) is 0 Å². The summed E-state index contributed by atoms with van der Waals surface area (Å²) in [6.07, 6.45) is 0.516. The Morgan fingerprint density at radius 2 is 1.59 bits per heavy atom. The van der Waals surface area contributed by atoms with Crippen molar-refractivity contribution >= 4 is 5.97 Å². The molecule has 0 N–H and O–H groups in total. The van der Waals surface area contributed by atoms with Gasteiger partial charge in [-0.25, -0.2) is 4.79 Å². The van der Waals surface area contributed by atoms with E-state index in [4.69, 9.17) is 14.2 Å². The summed E-state index contributed by atoms with van der Waals surface area (Å²) >= 11 is 0. The van der Waals surface area contributed by atoms with Crippen LogP contribution in [0.25, 0.3) is 11.1 Å². The molecule has 0 heterocycles. The standard InChI is InChI=1S/C28H28O4/c1-3-31-28(29)27(30-2)21-23-14-12-22(13-15-23)9-7-8-20-32-26-18-16-25(17-19-26)24-10-5-4-6-11-24/h4-6,10-19,27H,3,8,20-21H2,1-2H3/t27-/m0/s1. The minimum atomic E-state index is -0.592. The summed E-state index contributed by atoms with van der Waals surface area (Å²) in [4.78, 5) is 11.9. The molecule has 3 rings (SSSR count). The number of ether oxygens (including phenoxy) is 3. The summed E-state index contributed by atoms with van der Waals surface area (Å²) in [5, 5.41) is 0. The lowest BCUT2D eigenvalue weighted by Gasteiger charge is -2.13. The summed E-state index contributed by atoms with van der Waals surface area (Å²) < 4.78 is 16.1. The van der Waals surface area contributed by atoms with E-state index in [1.165, 1.54) is 18.2 Å². The molecule has 0 spiro atoms. The summed E-state index contributed by atoms with van der Waals surface area (Å²) in [5.41, 5.74) is 4.28. The molecule has 0 aromatic heterocycles. The van der Waals surface area contributed by atoms with Crippen LogP contribution in [0.5, 0.6) is 5.75 Å². The van der Waals surface area contributed by atoms with Crippen LogP contribution in [0, 0.1) is 11.8 Å². The Hall–Kier alpha value is -3.55. The first-order chi connectivity index (χ1) is 15.7. The number of carbonyl (C=O) groups is 1. The van der Waals surface area contributed by atoms with Gasteiger partial charge in [-0.1, -0.05) is 66.4 Å². The Kier molecular flexibility index (Phi) is 8.92. The molecule has 0 fully saturated rings. The zero-order valence-corrected chi connectivity index (χ0v) is 18.5. The highest BCUT2D eigenvalue weighted by Crippen LogP contribution is 2.22. The maximum Gasteiger partial charge on any atom is 0.335 e. The van der Waals surface area contributed by atoms with Crippen LogP contribution < -0.4 is 4.74 Å². The second-order valence-corrected chi connectivity index (χ2v) is 7.17. The first-order valence-corrected chi connectivity index (χ1v) is 10.7. The largest absolute Gasteiger partial charge is 0.493 e. The monoisotopic (exact) mass is 428 g/mol. The van der Waals surface area contributed by atoms with Gasteiger partial charge in [0.15, 0.2) is 6.10 Å². The van der Waals surface area contributed by atoms with Crippen molar-refractivity contribution in [2.45, 2.75) is 25.9 Å². The molecule has 3 aromatic carbocycles. The fraction of sp³-hybridized carbons (Fsp3) is 0.250. The maximum atomic E-state index is 11.9. The average molecular weight is 429 g/mol. The SMILES string of the molecule is CCOC(=O)[C@H](Cc1ccc(C#CCCOc2ccc(-c3ccccc3)cc2)cc1)OC. The van der Waals surface area contributed by atoms with Crippen LogP contribution in [0.1, 0.15) is 24.5 Å². The maximum absolute atomic E-state index is 11.9. The van der Waals surface area contributed by atoms with Gasteiger partial charge in [0.05, 0.1) is 13.2 Å². The molecule has 32 heavy (non-hydrogen) atoms. The van der Waals surface area contributed by atoms with Crippen LogP contribution in [0.3, 0.4) is 0 Å². The third-order valence-corrected chi connectivity index (χ3v) is 4.90. The van der Waals surface area contributed by atoms with E-state index in [9.17, 15) is 4.79 Å². The number of rotatable bonds is 9. The summed E-state index contributed by atoms with van der Waals surface area (Å²) in [7, 11) is 1.52. The van der Waals surface area contributed by atoms with E-state index in [2.05, 4.69) is 36.1 Å². The number of benzene rings is 3. The highest BCUT2D eigenvalue weighted by molar-refractivity contribution is 5.75. The van der Waals surface area contributed by atoms with Gasteiger partial charge in [-0.2, -0.15) is 0 Å². The van der Waals surface area contributed by atoms with Gasteiger partial charge in [0.1, 0.15) is 5.75 Å². The Morgan fingerprint density at radius 3 is 2.25 bits per heavy atom. The van der Waals surface area contributed by atoms with Crippen LogP contribution in [0.4, 0.5) is 0 Å². The number of hydrogen-bond acceptors (Lipinski definition) is 4. The lowest BCUT2D eigenvalue weighted by Crippen LogP contribution is -2.27. The van der Waals surface area contributed by atoms with Gasteiger partial charge >= 0.3 is 5.97 Å². The van der Waals surface area contributed by atoms with Crippen LogP contribution >= 0.6 is 0 Å². The summed E-state index contributed by atoms with van der Waals surface area (Å²) in [6, 6.07) is 26.2. The number of carbonyl (C=O) groups excluding carboxylic acids is 1. The van der Waals surface area contributed by atoms with Crippen molar-refractivity contribution in [2.75, 3.05) is 20.3 Å². The molecule has 0 aliphatic rings. The molecule has 0 bridgehead atoms. The molecule has 164 valence electrons. The molecule has 3 aromatic rings. The van der Waals surface area contributed by atoms with Crippen LogP contribution in [0.2, 0.25) is 0 Å². The zero-order valence-electron chi connectivity index (χ0n) is 18.5. The van der Waals surface area contributed by atoms with Crippen molar-refractivity contribution in [1.82, 2.24) is 0 Å². The molecule has 0 saturated carbocycles. The Bertz CT molecular complexity index is 1030. The molecule has 4 nitrogen and oxygen atoms in total. The zero-order chi connectivity index (χ0) is 22.6. The van der Waals surface area contributed by atoms with Crippen molar-refractivity contribution < 1.29 is 19.0 Å². The van der Waals surface area contributed by atoms with Crippen molar-refractivity contribution in [2.24, 2.45) is 0 Å². The lowest BCUT2D eigenvalue weighted by molar-refractivity contribution is -0.154. The van der Waals surface area contributed by atoms with Gasteiger partial charge in [-0.05, 0) is 47.9 Å². The van der Waals surface area contributed by atoms with E-state index in [0.29, 0.717) is 26.1 Å². The molecule has 0 unspecified atom stereocenters. The topological polar surface area (TPSA) is 44.8 Å². The van der Waals surface area contributed by atoms with Crippen LogP contribution in [0.15, 0.2) is 78.9 Å². The van der Waals surface area contributed by atoms with Gasteiger partial charge in [-0.3, -0.25) is 0 Å². The van der Waals surface area contributed by atoms with Crippen molar-refractivity contribution in [1.29, 1.82) is 0 Å². The number of methoxy groups -OCH3 is 1. The smallest absolute Gasteiger partial charge is 0.335 e. The fourth-order valence-corrected chi connectivity index (χ4v) is 3.20. The van der Waals surface area contributed by atoms with Gasteiger partial charge in [-0.15, -0.1) is 0 Å². The summed E-state index contributed by atoms with van der Waals surface area (Å²) in [5.74, 6) is 6.79. The molecule has 1 atom stereocenters. The van der Waals surface area contributed by atoms with E-state index in [1.54, 1.807) is 6.92 Å². The number of hydrogen-bond donors (Lipinski definition) is 0. The van der Waals surface area contributed by atoms with Gasteiger partial charge in [0, 0.05) is 25.5 Å². The third kappa shape index (κ3) is 7.01. The molecule has 0 aliphatic heterocycles. The Morgan fingerprint density at radius 1 is 0.906 bits per heavy atom. The van der Waals surface area contributed by atoms with E-state index < -0.39 is 6.10 Å². The minimum Gasteiger partial charge on any atom is -0.493 e. The second kappa shape index (κ2) is 12.3. The highest BCUT2D eigenvalue weighted by atomic mass is 16.6. The molecule has 0 radical (unpaired) electrons. The van der Waals surface area contributed by atoms with E-state index in [0.717, 1.165) is 16.9 Å². The first-order valence-electron chi connectivity index (χ1n) is 10.7.